The SMILES string of the molecule is C.C.CC1=C(C(C)(C)C)CC=N1.Cn1cnnc1C(C)(C)C. The van der Waals surface area contributed by atoms with Crippen LogP contribution in [0.15, 0.2) is 22.6 Å². The first-order valence-electron chi connectivity index (χ1n) is 7.10. The third-order valence-corrected chi connectivity index (χ3v) is 3.30. The molecule has 0 saturated carbocycles. The second-order valence-corrected chi connectivity index (χ2v) is 7.35. The number of aromatic nitrogens is 3. The van der Waals surface area contributed by atoms with Crippen LogP contribution in [0, 0.1) is 5.41 Å². The predicted molar refractivity (Wildman–Crippen MR) is 98.4 cm³/mol. The van der Waals surface area contributed by atoms with Crippen molar-refractivity contribution >= 4 is 6.21 Å². The largest absolute Gasteiger partial charge is 0.320 e. The first-order valence-corrected chi connectivity index (χ1v) is 7.10. The number of hydrogen-bond acceptors (Lipinski definition) is 3. The van der Waals surface area contributed by atoms with Gasteiger partial charge in [0.1, 0.15) is 12.2 Å². The van der Waals surface area contributed by atoms with E-state index in [0.717, 1.165) is 12.2 Å². The number of aryl methyl sites for hydroxylation is 1. The number of hydrogen-bond donors (Lipinski definition) is 0. The molecule has 1 aromatic heterocycles. The van der Waals surface area contributed by atoms with Crippen molar-refractivity contribution in [3.63, 3.8) is 0 Å². The van der Waals surface area contributed by atoms with Crippen molar-refractivity contribution in [2.45, 2.75) is 75.2 Å². The summed E-state index contributed by atoms with van der Waals surface area (Å²) in [5.41, 5.74) is 3.10. The van der Waals surface area contributed by atoms with Crippen molar-refractivity contribution in [3.05, 3.63) is 23.4 Å². The van der Waals surface area contributed by atoms with Gasteiger partial charge in [0.15, 0.2) is 0 Å². The quantitative estimate of drug-likeness (QED) is 0.664. The maximum atomic E-state index is 4.24. The molecule has 1 aromatic rings. The Balaban J connectivity index is 0. The van der Waals surface area contributed by atoms with Crippen LogP contribution < -0.4 is 0 Å². The lowest BCUT2D eigenvalue weighted by atomic mass is 9.84. The van der Waals surface area contributed by atoms with Crippen molar-refractivity contribution in [1.29, 1.82) is 0 Å². The summed E-state index contributed by atoms with van der Waals surface area (Å²) in [6.45, 7) is 15.2. The van der Waals surface area contributed by atoms with E-state index in [1.165, 1.54) is 11.3 Å². The first kappa shape index (κ1) is 22.8. The van der Waals surface area contributed by atoms with E-state index < -0.39 is 0 Å². The fourth-order valence-corrected chi connectivity index (χ4v) is 2.31. The molecule has 4 heteroatoms. The lowest BCUT2D eigenvalue weighted by Crippen LogP contribution is -2.17. The van der Waals surface area contributed by atoms with Crippen LogP contribution >= 0.6 is 0 Å². The maximum absolute atomic E-state index is 4.24. The van der Waals surface area contributed by atoms with Crippen LogP contribution in [-0.4, -0.2) is 21.0 Å². The molecule has 0 aliphatic carbocycles. The smallest absolute Gasteiger partial charge is 0.137 e. The fourth-order valence-electron chi connectivity index (χ4n) is 2.31. The molecular formula is C18H36N4. The lowest BCUT2D eigenvalue weighted by Gasteiger charge is -2.20. The van der Waals surface area contributed by atoms with Crippen molar-refractivity contribution in [2.75, 3.05) is 0 Å². The van der Waals surface area contributed by atoms with Crippen LogP contribution in [0.5, 0.6) is 0 Å². The van der Waals surface area contributed by atoms with E-state index in [4.69, 9.17) is 0 Å². The Morgan fingerprint density at radius 3 is 1.73 bits per heavy atom. The monoisotopic (exact) mass is 308 g/mol. The molecule has 0 aromatic carbocycles. The Hall–Kier alpha value is -1.45. The van der Waals surface area contributed by atoms with E-state index >= 15 is 0 Å². The van der Waals surface area contributed by atoms with E-state index in [1.807, 2.05) is 17.8 Å². The van der Waals surface area contributed by atoms with Crippen molar-refractivity contribution in [1.82, 2.24) is 14.8 Å². The minimum atomic E-state index is 0. The molecule has 0 amide bonds. The van der Waals surface area contributed by atoms with Crippen molar-refractivity contribution in [2.24, 2.45) is 17.5 Å². The van der Waals surface area contributed by atoms with Gasteiger partial charge in [-0.2, -0.15) is 0 Å². The normalized spacial score (nSPS) is 14.0. The standard InChI is InChI=1S/C9H15N.C7H13N3.2CH4/c1-7-8(5-6-10-7)9(2,3)4;1-7(2,3)6-9-8-5-10(6)4;;/h6H,5H2,1-4H3;5H,1-4H3;2*1H4. The van der Waals surface area contributed by atoms with Gasteiger partial charge < -0.3 is 4.57 Å². The summed E-state index contributed by atoms with van der Waals surface area (Å²) in [5.74, 6) is 1.02. The molecule has 2 heterocycles. The molecule has 0 radical (unpaired) electrons. The fraction of sp³-hybridized carbons (Fsp3) is 0.722. The molecule has 0 spiro atoms. The molecule has 2 rings (SSSR count). The third-order valence-electron chi connectivity index (χ3n) is 3.30. The predicted octanol–water partition coefficient (Wildman–Crippen LogP) is 5.17. The van der Waals surface area contributed by atoms with E-state index in [0.29, 0.717) is 5.41 Å². The first-order chi connectivity index (χ1) is 9.03. The minimum Gasteiger partial charge on any atom is -0.320 e. The van der Waals surface area contributed by atoms with Gasteiger partial charge in [0, 0.05) is 30.8 Å². The average Bonchev–Trinajstić information content (AvgIpc) is 2.85. The molecule has 1 aliphatic rings. The van der Waals surface area contributed by atoms with Gasteiger partial charge in [-0.15, -0.1) is 10.2 Å². The van der Waals surface area contributed by atoms with Crippen LogP contribution in [0.4, 0.5) is 0 Å². The highest BCUT2D eigenvalue weighted by Gasteiger charge is 2.20. The average molecular weight is 309 g/mol. The highest BCUT2D eigenvalue weighted by atomic mass is 15.3. The molecule has 4 nitrogen and oxygen atoms in total. The highest BCUT2D eigenvalue weighted by molar-refractivity contribution is 5.67. The molecule has 0 bridgehead atoms. The van der Waals surface area contributed by atoms with E-state index in [1.54, 1.807) is 6.33 Å². The van der Waals surface area contributed by atoms with Crippen LogP contribution in [0.1, 0.15) is 75.6 Å². The Bertz CT molecular complexity index is 508. The van der Waals surface area contributed by atoms with Crippen molar-refractivity contribution in [3.8, 4) is 0 Å². The van der Waals surface area contributed by atoms with Gasteiger partial charge >= 0.3 is 0 Å². The Morgan fingerprint density at radius 1 is 1.00 bits per heavy atom. The molecule has 1 aliphatic heterocycles. The number of aliphatic imine (C=N–C) groups is 1. The summed E-state index contributed by atoms with van der Waals surface area (Å²) in [7, 11) is 1.96. The van der Waals surface area contributed by atoms with Crippen LogP contribution in [0.2, 0.25) is 0 Å². The Kier molecular flexibility index (Phi) is 8.56. The number of rotatable bonds is 0. The Labute approximate surface area is 137 Å². The topological polar surface area (TPSA) is 43.1 Å². The second kappa shape index (κ2) is 8.25. The molecule has 0 fully saturated rings. The molecule has 0 unspecified atom stereocenters. The van der Waals surface area contributed by atoms with Gasteiger partial charge in [-0.25, -0.2) is 0 Å². The second-order valence-electron chi connectivity index (χ2n) is 7.35. The molecular weight excluding hydrogens is 272 g/mol. The zero-order chi connectivity index (χ0) is 15.6. The summed E-state index contributed by atoms with van der Waals surface area (Å²) < 4.78 is 1.94. The third kappa shape index (κ3) is 6.12. The van der Waals surface area contributed by atoms with Gasteiger partial charge in [-0.05, 0) is 17.9 Å². The molecule has 128 valence electrons. The minimum absolute atomic E-state index is 0. The van der Waals surface area contributed by atoms with Gasteiger partial charge in [0.2, 0.25) is 0 Å². The van der Waals surface area contributed by atoms with Crippen LogP contribution in [0.3, 0.4) is 0 Å². The van der Waals surface area contributed by atoms with Gasteiger partial charge in [0.05, 0.1) is 0 Å². The molecule has 22 heavy (non-hydrogen) atoms. The number of nitrogens with zero attached hydrogens (tertiary/aromatic N) is 4. The Morgan fingerprint density at radius 2 is 1.55 bits per heavy atom. The zero-order valence-corrected chi connectivity index (χ0v) is 14.2. The van der Waals surface area contributed by atoms with E-state index in [-0.39, 0.29) is 20.3 Å². The van der Waals surface area contributed by atoms with E-state index in [9.17, 15) is 0 Å². The number of allylic oxidation sites excluding steroid dienone is 2. The summed E-state index contributed by atoms with van der Waals surface area (Å²) in [6, 6.07) is 0. The zero-order valence-electron chi connectivity index (χ0n) is 14.2. The van der Waals surface area contributed by atoms with Gasteiger partial charge in [-0.3, -0.25) is 4.99 Å². The summed E-state index contributed by atoms with van der Waals surface area (Å²) in [6.07, 6.45) is 4.77. The highest BCUT2D eigenvalue weighted by Crippen LogP contribution is 2.32. The van der Waals surface area contributed by atoms with Gasteiger partial charge in [-0.1, -0.05) is 56.4 Å². The van der Waals surface area contributed by atoms with Crippen molar-refractivity contribution < 1.29 is 0 Å². The molecule has 0 N–H and O–H groups in total. The summed E-state index contributed by atoms with van der Waals surface area (Å²) >= 11 is 0. The molecule has 0 saturated heterocycles. The molecule has 0 atom stereocenters. The van der Waals surface area contributed by atoms with Crippen LogP contribution in [-0.2, 0) is 12.5 Å². The van der Waals surface area contributed by atoms with Gasteiger partial charge in [0.25, 0.3) is 0 Å². The van der Waals surface area contributed by atoms with E-state index in [2.05, 4.69) is 63.7 Å². The summed E-state index contributed by atoms with van der Waals surface area (Å²) in [4.78, 5) is 4.24. The summed E-state index contributed by atoms with van der Waals surface area (Å²) in [5, 5.41) is 7.80. The lowest BCUT2D eigenvalue weighted by molar-refractivity contribution is 0.495. The van der Waals surface area contributed by atoms with Crippen LogP contribution in [0.25, 0.3) is 0 Å². The maximum Gasteiger partial charge on any atom is 0.137 e.